The van der Waals surface area contributed by atoms with Crippen LogP contribution in [0.4, 0.5) is 0 Å². The lowest BCUT2D eigenvalue weighted by molar-refractivity contribution is -0.147. The van der Waals surface area contributed by atoms with Gasteiger partial charge in [0.05, 0.1) is 28.4 Å². The first kappa shape index (κ1) is 45.6. The molecule has 0 radical (unpaired) electrons. The van der Waals surface area contributed by atoms with E-state index in [-0.39, 0.29) is 81.8 Å². The average Bonchev–Trinajstić information content (AvgIpc) is 3.93. The fourth-order valence-electron chi connectivity index (χ4n) is 12.9. The van der Waals surface area contributed by atoms with Crippen LogP contribution in [-0.4, -0.2) is 84.8 Å². The Balaban J connectivity index is 1.16. The van der Waals surface area contributed by atoms with Crippen molar-refractivity contribution < 1.29 is 32.4 Å². The number of ketones is 2. The van der Waals surface area contributed by atoms with Gasteiger partial charge in [-0.05, 0) is 112 Å². The van der Waals surface area contributed by atoms with E-state index >= 15 is 4.79 Å². The lowest BCUT2D eigenvalue weighted by Gasteiger charge is -2.40. The molecule has 4 aliphatic carbocycles. The largest absolute Gasteiger partial charge is 0.345 e. The summed E-state index contributed by atoms with van der Waals surface area (Å²) in [7, 11) is -4.19. The summed E-state index contributed by atoms with van der Waals surface area (Å²) in [6.45, 7) is 19.8. The van der Waals surface area contributed by atoms with Crippen molar-refractivity contribution in [2.75, 3.05) is 13.1 Å². The van der Waals surface area contributed by atoms with Gasteiger partial charge in [-0.3, -0.25) is 28.9 Å². The maximum atomic E-state index is 15.4. The molecule has 2 heterocycles. The normalized spacial score (nSPS) is 30.6. The molecule has 11 nitrogen and oxygen atoms in total. The molecule has 1 aromatic rings. The van der Waals surface area contributed by atoms with Crippen molar-refractivity contribution in [2.45, 2.75) is 174 Å². The Morgan fingerprint density at radius 2 is 1.54 bits per heavy atom. The van der Waals surface area contributed by atoms with E-state index in [9.17, 15) is 27.6 Å². The van der Waals surface area contributed by atoms with Crippen LogP contribution in [0.25, 0.3) is 0 Å². The quantitative estimate of drug-likeness (QED) is 0.174. The molecule has 4 saturated carbocycles. The van der Waals surface area contributed by atoms with E-state index in [0.29, 0.717) is 13.0 Å². The number of sulfonamides is 1. The van der Waals surface area contributed by atoms with E-state index < -0.39 is 50.7 Å². The molecule has 2 aliphatic heterocycles. The Hall–Kier alpha value is -3.38. The predicted octanol–water partition coefficient (Wildman–Crippen LogP) is 7.39. The van der Waals surface area contributed by atoms with Gasteiger partial charge in [-0.15, -0.1) is 6.58 Å². The highest BCUT2D eigenvalue weighted by atomic mass is 32.2. The van der Waals surface area contributed by atoms with Crippen LogP contribution in [0.5, 0.6) is 0 Å². The smallest absolute Gasteiger partial charge is 0.264 e. The molecule has 0 aromatic heterocycles. The Labute approximate surface area is 365 Å². The molecule has 336 valence electrons. The van der Waals surface area contributed by atoms with E-state index in [1.165, 1.54) is 12.1 Å². The summed E-state index contributed by atoms with van der Waals surface area (Å²) >= 11 is 0. The second kappa shape index (κ2) is 16.6. The third-order valence-electron chi connectivity index (χ3n) is 17.1. The summed E-state index contributed by atoms with van der Waals surface area (Å²) in [6, 6.07) is 6.08. The first-order valence-electron chi connectivity index (χ1n) is 23.3. The van der Waals surface area contributed by atoms with Crippen molar-refractivity contribution >= 4 is 39.3 Å². The molecule has 3 amide bonds. The van der Waals surface area contributed by atoms with Crippen LogP contribution in [0.2, 0.25) is 0 Å². The van der Waals surface area contributed by atoms with E-state index in [2.05, 4.69) is 49.2 Å². The Morgan fingerprint density at radius 1 is 0.885 bits per heavy atom. The molecule has 6 aliphatic rings. The number of hydrogen-bond acceptors (Lipinski definition) is 8. The molecule has 0 bridgehead atoms. The van der Waals surface area contributed by atoms with Crippen LogP contribution < -0.4 is 10.0 Å². The van der Waals surface area contributed by atoms with Crippen molar-refractivity contribution in [1.82, 2.24) is 19.8 Å². The SMILES string of the molecule is C=C[C@@H]1C[C@]1(CC(=O)[C@@H]1C[C@@]2(CN1C(=O)[C@@H](CC(=O)C(NC(=O)[C@@H]1CCCCN1C(C)C)C1CCCCC1)C(C)(C)C)C(C)(C)C21CCC1)C(=O)NS(=O)(=O)c1ccccc1. The van der Waals surface area contributed by atoms with Gasteiger partial charge in [-0.2, -0.15) is 0 Å². The average molecular weight is 861 g/mol. The minimum absolute atomic E-state index is 0.00322. The van der Waals surface area contributed by atoms with Gasteiger partial charge in [-0.25, -0.2) is 13.1 Å². The lowest BCUT2D eigenvalue weighted by atomic mass is 9.73. The number of hydrogen-bond donors (Lipinski definition) is 2. The Bertz CT molecular complexity index is 2000. The summed E-state index contributed by atoms with van der Waals surface area (Å²) in [5.74, 6) is -2.61. The predicted molar refractivity (Wildman–Crippen MR) is 235 cm³/mol. The van der Waals surface area contributed by atoms with Gasteiger partial charge in [0, 0.05) is 36.8 Å². The molecule has 12 heteroatoms. The Morgan fingerprint density at radius 3 is 2.10 bits per heavy atom. The molecule has 7 atom stereocenters. The van der Waals surface area contributed by atoms with Gasteiger partial charge in [0.1, 0.15) is 0 Å². The maximum absolute atomic E-state index is 15.4. The molecule has 61 heavy (non-hydrogen) atoms. The van der Waals surface area contributed by atoms with Crippen molar-refractivity contribution in [3.63, 3.8) is 0 Å². The molecular weight excluding hydrogens is 789 g/mol. The first-order valence-corrected chi connectivity index (χ1v) is 24.8. The van der Waals surface area contributed by atoms with Crippen LogP contribution in [0, 0.1) is 44.8 Å². The molecule has 6 fully saturated rings. The highest BCUT2D eigenvalue weighted by molar-refractivity contribution is 7.90. The molecule has 1 unspecified atom stereocenters. The number of rotatable bonds is 15. The highest BCUT2D eigenvalue weighted by Gasteiger charge is 2.85. The van der Waals surface area contributed by atoms with Gasteiger partial charge in [0.15, 0.2) is 11.6 Å². The second-order valence-corrected chi connectivity index (χ2v) is 23.4. The van der Waals surface area contributed by atoms with Crippen molar-refractivity contribution in [3.8, 4) is 0 Å². The number of amides is 3. The maximum Gasteiger partial charge on any atom is 0.264 e. The third kappa shape index (κ3) is 7.97. The number of nitrogens with one attached hydrogen (secondary N) is 2. The minimum atomic E-state index is -4.19. The van der Waals surface area contributed by atoms with Crippen LogP contribution in [0.3, 0.4) is 0 Å². The summed E-state index contributed by atoms with van der Waals surface area (Å²) in [4.78, 5) is 77.3. The fraction of sp³-hybridized carbons (Fsp3) is 0.735. The number of benzene rings is 1. The topological polar surface area (TPSA) is 150 Å². The molecule has 2 saturated heterocycles. The van der Waals surface area contributed by atoms with Crippen LogP contribution >= 0.6 is 0 Å². The van der Waals surface area contributed by atoms with E-state index in [0.717, 1.165) is 77.2 Å². The number of Topliss-reactive ketones (excluding diaryl/α,β-unsaturated/α-hetero) is 2. The molecule has 2 N–H and O–H groups in total. The zero-order valence-corrected chi connectivity index (χ0v) is 38.7. The number of carbonyl (C=O) groups is 5. The van der Waals surface area contributed by atoms with Gasteiger partial charge in [0.2, 0.25) is 17.7 Å². The van der Waals surface area contributed by atoms with Crippen LogP contribution in [0.15, 0.2) is 47.9 Å². The van der Waals surface area contributed by atoms with Crippen molar-refractivity contribution in [1.29, 1.82) is 0 Å². The summed E-state index contributed by atoms with van der Waals surface area (Å²) < 4.78 is 28.9. The second-order valence-electron chi connectivity index (χ2n) is 21.7. The number of carbonyl (C=O) groups excluding carboxylic acids is 5. The zero-order valence-electron chi connectivity index (χ0n) is 37.9. The van der Waals surface area contributed by atoms with Crippen LogP contribution in [0.1, 0.15) is 145 Å². The van der Waals surface area contributed by atoms with E-state index in [1.54, 1.807) is 29.2 Å². The minimum Gasteiger partial charge on any atom is -0.345 e. The summed E-state index contributed by atoms with van der Waals surface area (Å²) in [5, 5.41) is 3.27. The number of nitrogens with zero attached hydrogens (tertiary/aromatic N) is 2. The lowest BCUT2D eigenvalue weighted by Crippen LogP contribution is -2.57. The number of fused-ring (bicyclic) bond motifs is 1. The summed E-state index contributed by atoms with van der Waals surface area (Å²) in [5.41, 5.74) is -2.33. The van der Waals surface area contributed by atoms with E-state index in [4.69, 9.17) is 0 Å². The van der Waals surface area contributed by atoms with Gasteiger partial charge in [-0.1, -0.05) is 91.0 Å². The summed E-state index contributed by atoms with van der Waals surface area (Å²) in [6.07, 6.45) is 12.8. The van der Waals surface area contributed by atoms with Crippen molar-refractivity contribution in [3.05, 3.63) is 43.0 Å². The van der Waals surface area contributed by atoms with Gasteiger partial charge in [0.25, 0.3) is 10.0 Å². The van der Waals surface area contributed by atoms with Crippen LogP contribution in [-0.2, 0) is 34.0 Å². The number of allylic oxidation sites excluding steroid dienone is 1. The fourth-order valence-corrected chi connectivity index (χ4v) is 14.0. The number of piperidine rings is 1. The first-order chi connectivity index (χ1) is 28.7. The number of likely N-dealkylation sites (tertiary alicyclic amines) is 2. The van der Waals surface area contributed by atoms with Gasteiger partial charge >= 0.3 is 0 Å². The molecule has 7 rings (SSSR count). The zero-order chi connectivity index (χ0) is 44.3. The Kier molecular flexibility index (Phi) is 12.4. The highest BCUT2D eigenvalue weighted by Crippen LogP contribution is 2.88. The molecule has 2 spiro atoms. The molecule has 1 aromatic carbocycles. The standard InChI is InChI=1S/C49H72N4O7S/c1-9-34-28-47(34,44(58)51-61(59,60)35-21-14-11-15-22-35)30-40(55)38-29-49(46(7,8)48(49)24-18-25-48)31-53(38)43(57)36(45(4,5)6)27-39(54)41(33-19-12-10-13-20-33)50-42(56)37-23-16-17-26-52(37)32(2)3/h9,11,14-15,21-22,32-34,36-38,41H,1,10,12-13,16-20,23-31H2,2-8H3,(H,50,56)(H,51,58)/t34-,36-,37+,38+,41?,47-,49-/m1/s1. The van der Waals surface area contributed by atoms with E-state index in [1.807, 2.05) is 20.8 Å². The third-order valence-corrected chi connectivity index (χ3v) is 18.5. The molecular formula is C49H72N4O7S. The van der Waals surface area contributed by atoms with Gasteiger partial charge < -0.3 is 10.2 Å². The monoisotopic (exact) mass is 861 g/mol. The van der Waals surface area contributed by atoms with Crippen molar-refractivity contribution in [2.24, 2.45) is 44.8 Å².